The average molecular weight is 393 g/mol. The zero-order chi connectivity index (χ0) is 19.3. The van der Waals surface area contributed by atoms with Crippen LogP contribution in [0.25, 0.3) is 10.9 Å². The van der Waals surface area contributed by atoms with E-state index in [2.05, 4.69) is 15.0 Å². The number of aliphatic hydroxyl groups excluding tert-OH is 1. The molecule has 1 aromatic heterocycles. The molecule has 142 valence electrons. The van der Waals surface area contributed by atoms with Gasteiger partial charge in [0, 0.05) is 23.4 Å². The van der Waals surface area contributed by atoms with E-state index in [1.54, 1.807) is 0 Å². The van der Waals surface area contributed by atoms with Crippen LogP contribution in [-0.4, -0.2) is 23.2 Å². The standard InChI is InChI=1S/C19H18F3N3OS/c20-19(21,22)14-5-8-16(9-6-14)27-25-17-3-1-2-13-4-7-15(24-18(13)17)12-23-10-11-26/h1-9,23,25-26H,10-12H2. The molecule has 3 aromatic rings. The highest BCUT2D eigenvalue weighted by Crippen LogP contribution is 2.32. The van der Waals surface area contributed by atoms with Gasteiger partial charge in [-0.15, -0.1) is 0 Å². The first-order valence-electron chi connectivity index (χ1n) is 8.28. The lowest BCUT2D eigenvalue weighted by molar-refractivity contribution is -0.137. The second-order valence-electron chi connectivity index (χ2n) is 5.81. The number of aromatic nitrogens is 1. The minimum atomic E-state index is -4.34. The maximum atomic E-state index is 12.6. The van der Waals surface area contributed by atoms with Crippen molar-refractivity contribution in [3.8, 4) is 0 Å². The lowest BCUT2D eigenvalue weighted by atomic mass is 10.2. The van der Waals surface area contributed by atoms with Gasteiger partial charge in [-0.25, -0.2) is 4.98 Å². The molecule has 0 unspecified atom stereocenters. The van der Waals surface area contributed by atoms with Gasteiger partial charge in [-0.2, -0.15) is 13.2 Å². The fraction of sp³-hybridized carbons (Fsp3) is 0.211. The predicted octanol–water partition coefficient (Wildman–Crippen LogP) is 4.45. The number of alkyl halides is 3. The second kappa shape index (κ2) is 8.60. The van der Waals surface area contributed by atoms with Crippen molar-refractivity contribution in [2.24, 2.45) is 0 Å². The van der Waals surface area contributed by atoms with Crippen molar-refractivity contribution >= 4 is 28.5 Å². The van der Waals surface area contributed by atoms with Crippen molar-refractivity contribution < 1.29 is 18.3 Å². The van der Waals surface area contributed by atoms with Crippen molar-refractivity contribution in [1.29, 1.82) is 0 Å². The first-order valence-corrected chi connectivity index (χ1v) is 9.09. The van der Waals surface area contributed by atoms with Crippen LogP contribution in [-0.2, 0) is 12.7 Å². The van der Waals surface area contributed by atoms with Crippen LogP contribution in [0, 0.1) is 0 Å². The van der Waals surface area contributed by atoms with Gasteiger partial charge in [0.05, 0.1) is 29.1 Å². The van der Waals surface area contributed by atoms with E-state index in [0.717, 1.165) is 34.4 Å². The number of pyridine rings is 1. The first-order chi connectivity index (χ1) is 13.0. The molecule has 1 heterocycles. The summed E-state index contributed by atoms with van der Waals surface area (Å²) in [7, 11) is 0. The number of anilines is 1. The van der Waals surface area contributed by atoms with Crippen molar-refractivity contribution in [3.05, 3.63) is 65.9 Å². The molecule has 3 rings (SSSR count). The SMILES string of the molecule is OCCNCc1ccc2cccc(NSc3ccc(C(F)(F)F)cc3)c2n1. The molecule has 0 aliphatic heterocycles. The van der Waals surface area contributed by atoms with Gasteiger partial charge in [-0.3, -0.25) is 0 Å². The number of para-hydroxylation sites is 1. The number of benzene rings is 2. The molecule has 0 atom stereocenters. The summed E-state index contributed by atoms with van der Waals surface area (Å²) in [5, 5.41) is 12.9. The fourth-order valence-corrected chi connectivity index (χ4v) is 3.15. The smallest absolute Gasteiger partial charge is 0.395 e. The minimum absolute atomic E-state index is 0.0597. The molecule has 0 saturated heterocycles. The van der Waals surface area contributed by atoms with E-state index in [0.29, 0.717) is 18.0 Å². The highest BCUT2D eigenvalue weighted by molar-refractivity contribution is 8.00. The molecule has 0 saturated carbocycles. The number of halogens is 3. The molecule has 3 N–H and O–H groups in total. The summed E-state index contributed by atoms with van der Waals surface area (Å²) in [4.78, 5) is 5.30. The summed E-state index contributed by atoms with van der Waals surface area (Å²) in [5.74, 6) is 0. The average Bonchev–Trinajstić information content (AvgIpc) is 2.66. The number of rotatable bonds is 7. The Bertz CT molecular complexity index is 901. The summed E-state index contributed by atoms with van der Waals surface area (Å²) in [6, 6.07) is 14.6. The third kappa shape index (κ3) is 5.12. The van der Waals surface area contributed by atoms with Crippen LogP contribution in [0.1, 0.15) is 11.3 Å². The Morgan fingerprint density at radius 3 is 2.48 bits per heavy atom. The van der Waals surface area contributed by atoms with Gasteiger partial charge < -0.3 is 15.1 Å². The van der Waals surface area contributed by atoms with Gasteiger partial charge in [0.1, 0.15) is 0 Å². The van der Waals surface area contributed by atoms with Crippen LogP contribution >= 0.6 is 11.9 Å². The quantitative estimate of drug-likeness (QED) is 0.409. The van der Waals surface area contributed by atoms with Crippen LogP contribution < -0.4 is 10.0 Å². The summed E-state index contributed by atoms with van der Waals surface area (Å²) < 4.78 is 41.1. The van der Waals surface area contributed by atoms with Crippen LogP contribution in [0.15, 0.2) is 59.5 Å². The normalized spacial score (nSPS) is 11.7. The van der Waals surface area contributed by atoms with Gasteiger partial charge in [0.2, 0.25) is 0 Å². The van der Waals surface area contributed by atoms with Crippen molar-refractivity contribution in [1.82, 2.24) is 10.3 Å². The topological polar surface area (TPSA) is 57.2 Å². The Kier molecular flexibility index (Phi) is 6.20. The summed E-state index contributed by atoms with van der Waals surface area (Å²) >= 11 is 1.23. The molecular formula is C19H18F3N3OS. The molecule has 8 heteroatoms. The third-order valence-electron chi connectivity index (χ3n) is 3.83. The van der Waals surface area contributed by atoms with E-state index in [1.807, 2.05) is 30.3 Å². The molecule has 0 aliphatic carbocycles. The van der Waals surface area contributed by atoms with E-state index < -0.39 is 11.7 Å². The maximum absolute atomic E-state index is 12.6. The van der Waals surface area contributed by atoms with E-state index in [1.165, 1.54) is 24.1 Å². The number of nitrogens with one attached hydrogen (secondary N) is 2. The van der Waals surface area contributed by atoms with Gasteiger partial charge in [-0.05, 0) is 48.3 Å². The molecule has 0 spiro atoms. The molecule has 2 aromatic carbocycles. The van der Waals surface area contributed by atoms with Gasteiger partial charge in [0.25, 0.3) is 0 Å². The summed E-state index contributed by atoms with van der Waals surface area (Å²) in [5.41, 5.74) is 1.73. The molecule has 0 bridgehead atoms. The monoisotopic (exact) mass is 393 g/mol. The Morgan fingerprint density at radius 2 is 1.78 bits per heavy atom. The number of aliphatic hydroxyl groups is 1. The highest BCUT2D eigenvalue weighted by atomic mass is 32.2. The largest absolute Gasteiger partial charge is 0.416 e. The lowest BCUT2D eigenvalue weighted by Gasteiger charge is -2.11. The molecule has 4 nitrogen and oxygen atoms in total. The molecule has 0 fully saturated rings. The Balaban J connectivity index is 1.75. The number of hydrogen-bond acceptors (Lipinski definition) is 5. The van der Waals surface area contributed by atoms with Crippen LogP contribution in [0.3, 0.4) is 0 Å². The molecule has 0 radical (unpaired) electrons. The predicted molar refractivity (Wildman–Crippen MR) is 101 cm³/mol. The first kappa shape index (κ1) is 19.5. The van der Waals surface area contributed by atoms with Crippen LogP contribution in [0.2, 0.25) is 0 Å². The molecule has 0 amide bonds. The second-order valence-corrected chi connectivity index (χ2v) is 6.69. The molecule has 0 aliphatic rings. The minimum Gasteiger partial charge on any atom is -0.395 e. The van der Waals surface area contributed by atoms with E-state index in [9.17, 15) is 13.2 Å². The highest BCUT2D eigenvalue weighted by Gasteiger charge is 2.29. The van der Waals surface area contributed by atoms with Crippen LogP contribution in [0.5, 0.6) is 0 Å². The van der Waals surface area contributed by atoms with E-state index in [4.69, 9.17) is 5.11 Å². The number of nitrogens with zero attached hydrogens (tertiary/aromatic N) is 1. The Hall–Kier alpha value is -2.29. The third-order valence-corrected chi connectivity index (χ3v) is 4.66. The Labute approximate surface area is 158 Å². The maximum Gasteiger partial charge on any atom is 0.416 e. The van der Waals surface area contributed by atoms with Gasteiger partial charge >= 0.3 is 6.18 Å². The number of hydrogen-bond donors (Lipinski definition) is 3. The summed E-state index contributed by atoms with van der Waals surface area (Å²) in [6.07, 6.45) is -4.34. The zero-order valence-electron chi connectivity index (χ0n) is 14.3. The van der Waals surface area contributed by atoms with Gasteiger partial charge in [-0.1, -0.05) is 18.2 Å². The van der Waals surface area contributed by atoms with Gasteiger partial charge in [0.15, 0.2) is 0 Å². The van der Waals surface area contributed by atoms with Crippen molar-refractivity contribution in [2.75, 3.05) is 17.9 Å². The van der Waals surface area contributed by atoms with Crippen LogP contribution in [0.4, 0.5) is 18.9 Å². The molecular weight excluding hydrogens is 375 g/mol. The molecule has 27 heavy (non-hydrogen) atoms. The summed E-state index contributed by atoms with van der Waals surface area (Å²) in [6.45, 7) is 1.09. The zero-order valence-corrected chi connectivity index (χ0v) is 15.1. The van der Waals surface area contributed by atoms with Crippen molar-refractivity contribution in [3.63, 3.8) is 0 Å². The van der Waals surface area contributed by atoms with Crippen molar-refractivity contribution in [2.45, 2.75) is 17.6 Å². The fourth-order valence-electron chi connectivity index (χ4n) is 2.49. The van der Waals surface area contributed by atoms with E-state index >= 15 is 0 Å². The lowest BCUT2D eigenvalue weighted by Crippen LogP contribution is -2.18. The Morgan fingerprint density at radius 1 is 1.00 bits per heavy atom. The van der Waals surface area contributed by atoms with E-state index in [-0.39, 0.29) is 6.61 Å². The number of fused-ring (bicyclic) bond motifs is 1.